The highest BCUT2D eigenvalue weighted by Gasteiger charge is 2.24. The van der Waals surface area contributed by atoms with E-state index in [-0.39, 0.29) is 6.10 Å². The van der Waals surface area contributed by atoms with Crippen LogP contribution < -0.4 is 0 Å². The number of aliphatic hydroxyl groups is 1. The Morgan fingerprint density at radius 1 is 1.11 bits per heavy atom. The summed E-state index contributed by atoms with van der Waals surface area (Å²) in [6.45, 7) is 8.85. The van der Waals surface area contributed by atoms with Crippen molar-refractivity contribution in [2.24, 2.45) is 0 Å². The molecule has 3 nitrogen and oxygen atoms in total. The molecule has 2 rings (SSSR count). The average Bonchev–Trinajstić information content (AvgIpc) is 2.75. The number of aromatic nitrogens is 2. The summed E-state index contributed by atoms with van der Waals surface area (Å²) in [6, 6.07) is 2.75. The molecule has 0 spiro atoms. The third-order valence-corrected chi connectivity index (χ3v) is 3.98. The van der Waals surface area contributed by atoms with Crippen LogP contribution in [0.2, 0.25) is 0 Å². The molecule has 0 radical (unpaired) electrons. The summed E-state index contributed by atoms with van der Waals surface area (Å²) in [4.78, 5) is 0. The van der Waals surface area contributed by atoms with Crippen molar-refractivity contribution >= 4 is 0 Å². The molecule has 0 aromatic carbocycles. The first-order valence-corrected chi connectivity index (χ1v) is 7.26. The van der Waals surface area contributed by atoms with E-state index in [1.807, 2.05) is 0 Å². The largest absolute Gasteiger partial charge is 0.393 e. The normalized spacial score (nSPS) is 25.1. The molecule has 0 amide bonds. The zero-order chi connectivity index (χ0) is 13.3. The Morgan fingerprint density at radius 3 is 2.22 bits per heavy atom. The highest BCUT2D eigenvalue weighted by Crippen LogP contribution is 2.32. The van der Waals surface area contributed by atoms with Crippen molar-refractivity contribution in [3.05, 3.63) is 17.5 Å². The summed E-state index contributed by atoms with van der Waals surface area (Å²) >= 11 is 0. The second kappa shape index (κ2) is 5.43. The summed E-state index contributed by atoms with van der Waals surface area (Å²) in [5.74, 6) is 0.995. The molecule has 1 aromatic heterocycles. The molecule has 0 atom stereocenters. The Kier molecular flexibility index (Phi) is 4.10. The van der Waals surface area contributed by atoms with Crippen LogP contribution in [-0.2, 0) is 0 Å². The quantitative estimate of drug-likeness (QED) is 0.890. The van der Waals surface area contributed by atoms with Crippen LogP contribution >= 0.6 is 0 Å². The first-order chi connectivity index (χ1) is 8.49. The number of aliphatic hydroxyl groups excluding tert-OH is 1. The fraction of sp³-hybridized carbons (Fsp3) is 0.800. The van der Waals surface area contributed by atoms with Gasteiger partial charge in [0.25, 0.3) is 0 Å². The molecule has 0 unspecified atom stereocenters. The van der Waals surface area contributed by atoms with Crippen molar-refractivity contribution in [2.75, 3.05) is 0 Å². The molecule has 0 bridgehead atoms. The molecule has 1 aromatic rings. The van der Waals surface area contributed by atoms with Crippen molar-refractivity contribution in [3.8, 4) is 0 Å². The summed E-state index contributed by atoms with van der Waals surface area (Å²) in [6.07, 6.45) is 3.85. The van der Waals surface area contributed by atoms with Crippen LogP contribution in [0.15, 0.2) is 6.07 Å². The second-order valence-electron chi connectivity index (χ2n) is 6.21. The van der Waals surface area contributed by atoms with Gasteiger partial charge in [-0.2, -0.15) is 5.10 Å². The van der Waals surface area contributed by atoms with Gasteiger partial charge in [-0.3, -0.25) is 4.68 Å². The third kappa shape index (κ3) is 2.77. The van der Waals surface area contributed by atoms with Crippen molar-refractivity contribution in [2.45, 2.75) is 77.4 Å². The number of rotatable bonds is 3. The van der Waals surface area contributed by atoms with Crippen LogP contribution in [0.5, 0.6) is 0 Å². The van der Waals surface area contributed by atoms with E-state index in [9.17, 15) is 5.11 Å². The summed E-state index contributed by atoms with van der Waals surface area (Å²) < 4.78 is 2.24. The molecule has 0 aliphatic heterocycles. The van der Waals surface area contributed by atoms with E-state index in [1.165, 1.54) is 11.4 Å². The van der Waals surface area contributed by atoms with E-state index in [4.69, 9.17) is 5.10 Å². The van der Waals surface area contributed by atoms with E-state index < -0.39 is 0 Å². The van der Waals surface area contributed by atoms with Gasteiger partial charge in [-0.15, -0.1) is 0 Å². The Morgan fingerprint density at radius 2 is 1.72 bits per heavy atom. The molecular weight excluding hydrogens is 224 g/mol. The van der Waals surface area contributed by atoms with Gasteiger partial charge in [0.2, 0.25) is 0 Å². The van der Waals surface area contributed by atoms with Crippen molar-refractivity contribution in [1.82, 2.24) is 9.78 Å². The number of hydrogen-bond donors (Lipinski definition) is 1. The van der Waals surface area contributed by atoms with E-state index in [0.717, 1.165) is 25.7 Å². The lowest BCUT2D eigenvalue weighted by Crippen LogP contribution is -2.23. The number of nitrogens with zero attached hydrogens (tertiary/aromatic N) is 2. The van der Waals surface area contributed by atoms with E-state index >= 15 is 0 Å². The minimum atomic E-state index is -0.0936. The van der Waals surface area contributed by atoms with Crippen molar-refractivity contribution < 1.29 is 5.11 Å². The highest BCUT2D eigenvalue weighted by molar-refractivity contribution is 5.17. The maximum atomic E-state index is 9.62. The van der Waals surface area contributed by atoms with Gasteiger partial charge in [-0.25, -0.2) is 0 Å². The molecule has 1 aliphatic rings. The SMILES string of the molecule is CC(C)c1cc(C(C)C)n([C@H]2CC[C@H](O)CC2)n1. The van der Waals surface area contributed by atoms with E-state index in [0.29, 0.717) is 17.9 Å². The first-order valence-electron chi connectivity index (χ1n) is 7.26. The van der Waals surface area contributed by atoms with Gasteiger partial charge in [-0.05, 0) is 43.6 Å². The van der Waals surface area contributed by atoms with Gasteiger partial charge in [0.1, 0.15) is 0 Å². The van der Waals surface area contributed by atoms with Crippen LogP contribution in [0.4, 0.5) is 0 Å². The van der Waals surface area contributed by atoms with Crippen LogP contribution in [0, 0.1) is 0 Å². The Bertz CT molecular complexity index is 387. The molecule has 1 heterocycles. The molecular formula is C15H26N2O. The van der Waals surface area contributed by atoms with E-state index in [2.05, 4.69) is 38.4 Å². The van der Waals surface area contributed by atoms with Gasteiger partial charge in [-0.1, -0.05) is 27.7 Å². The minimum absolute atomic E-state index is 0.0936. The molecule has 3 heteroatoms. The Balaban J connectivity index is 2.25. The molecule has 1 N–H and O–H groups in total. The molecule has 1 fully saturated rings. The smallest absolute Gasteiger partial charge is 0.0653 e. The topological polar surface area (TPSA) is 38.0 Å². The molecule has 18 heavy (non-hydrogen) atoms. The molecule has 102 valence electrons. The van der Waals surface area contributed by atoms with Crippen LogP contribution in [0.25, 0.3) is 0 Å². The number of hydrogen-bond acceptors (Lipinski definition) is 2. The van der Waals surface area contributed by atoms with Gasteiger partial charge in [0, 0.05) is 5.69 Å². The fourth-order valence-electron chi connectivity index (χ4n) is 2.74. The first kappa shape index (κ1) is 13.6. The maximum absolute atomic E-state index is 9.62. The zero-order valence-corrected chi connectivity index (χ0v) is 12.1. The monoisotopic (exact) mass is 250 g/mol. The van der Waals surface area contributed by atoms with Gasteiger partial charge in [0.05, 0.1) is 17.8 Å². The summed E-state index contributed by atoms with van der Waals surface area (Å²) in [7, 11) is 0. The van der Waals surface area contributed by atoms with Crippen LogP contribution in [0.1, 0.15) is 82.6 Å². The third-order valence-electron chi connectivity index (χ3n) is 3.98. The van der Waals surface area contributed by atoms with Crippen molar-refractivity contribution in [1.29, 1.82) is 0 Å². The van der Waals surface area contributed by atoms with Gasteiger partial charge in [0.15, 0.2) is 0 Å². The minimum Gasteiger partial charge on any atom is -0.393 e. The molecule has 0 saturated heterocycles. The van der Waals surface area contributed by atoms with Crippen molar-refractivity contribution in [3.63, 3.8) is 0 Å². The molecule has 1 saturated carbocycles. The second-order valence-corrected chi connectivity index (χ2v) is 6.21. The van der Waals surface area contributed by atoms with E-state index in [1.54, 1.807) is 0 Å². The molecule has 1 aliphatic carbocycles. The lowest BCUT2D eigenvalue weighted by molar-refractivity contribution is 0.107. The fourth-order valence-corrected chi connectivity index (χ4v) is 2.74. The summed E-state index contributed by atoms with van der Waals surface area (Å²) in [5, 5.41) is 14.4. The Labute approximate surface area is 110 Å². The summed E-state index contributed by atoms with van der Waals surface area (Å²) in [5.41, 5.74) is 2.55. The van der Waals surface area contributed by atoms with Crippen LogP contribution in [0.3, 0.4) is 0 Å². The standard InChI is InChI=1S/C15H26N2O/c1-10(2)14-9-15(11(3)4)17(16-14)12-5-7-13(18)8-6-12/h9-13,18H,5-8H2,1-4H3/t12-,13-. The Hall–Kier alpha value is -0.830. The average molecular weight is 250 g/mol. The van der Waals surface area contributed by atoms with Crippen LogP contribution in [-0.4, -0.2) is 21.0 Å². The highest BCUT2D eigenvalue weighted by atomic mass is 16.3. The lowest BCUT2D eigenvalue weighted by Gasteiger charge is -2.27. The maximum Gasteiger partial charge on any atom is 0.0653 e. The zero-order valence-electron chi connectivity index (χ0n) is 12.1. The van der Waals surface area contributed by atoms with Gasteiger partial charge >= 0.3 is 0 Å². The predicted octanol–water partition coefficient (Wildman–Crippen LogP) is 3.61. The van der Waals surface area contributed by atoms with Gasteiger partial charge < -0.3 is 5.11 Å². The lowest BCUT2D eigenvalue weighted by atomic mass is 9.93. The predicted molar refractivity (Wildman–Crippen MR) is 73.9 cm³/mol.